The summed E-state index contributed by atoms with van der Waals surface area (Å²) < 4.78 is 23.0. The Bertz CT molecular complexity index is 960. The fourth-order valence-electron chi connectivity index (χ4n) is 2.72. The molecule has 1 N–H and O–H groups in total. The molecule has 0 unspecified atom stereocenters. The van der Waals surface area contributed by atoms with Crippen molar-refractivity contribution in [2.45, 2.75) is 24.9 Å². The molecule has 0 amide bonds. The van der Waals surface area contributed by atoms with E-state index in [2.05, 4.69) is 33.9 Å². The number of hydrogen-bond acceptors (Lipinski definition) is 4. The van der Waals surface area contributed by atoms with Crippen LogP contribution in [0.3, 0.4) is 0 Å². The molecule has 0 fully saturated rings. The summed E-state index contributed by atoms with van der Waals surface area (Å²) in [6.45, 7) is 3.48. The van der Waals surface area contributed by atoms with E-state index in [-0.39, 0.29) is 0 Å². The number of nitrogens with one attached hydrogen (secondary N) is 1. The normalized spacial score (nSPS) is 12.2. The van der Waals surface area contributed by atoms with Gasteiger partial charge in [-0.2, -0.15) is 0 Å². The topological polar surface area (TPSA) is 66.1 Å². The Morgan fingerprint density at radius 3 is 2.46 bits per heavy atom. The van der Waals surface area contributed by atoms with Gasteiger partial charge in [-0.05, 0) is 49.4 Å². The van der Waals surface area contributed by atoms with Crippen molar-refractivity contribution in [1.29, 1.82) is 0 Å². The maximum Gasteiger partial charge on any atom is 0.175 e. The maximum atomic E-state index is 11.5. The first-order chi connectivity index (χ1) is 11.3. The van der Waals surface area contributed by atoms with Gasteiger partial charge >= 0.3 is 0 Å². The van der Waals surface area contributed by atoms with Crippen molar-refractivity contribution in [2.75, 3.05) is 13.3 Å². The van der Waals surface area contributed by atoms with Crippen molar-refractivity contribution in [2.24, 2.45) is 0 Å². The molecular formula is C18H21N3O2S. The second kappa shape index (κ2) is 6.37. The summed E-state index contributed by atoms with van der Waals surface area (Å²) in [5, 5.41) is 0. The predicted octanol–water partition coefficient (Wildman–Crippen LogP) is 2.91. The fraction of sp³-hybridized carbons (Fsp3) is 0.278. The quantitative estimate of drug-likeness (QED) is 0.773. The van der Waals surface area contributed by atoms with Gasteiger partial charge in [0.15, 0.2) is 9.84 Å². The van der Waals surface area contributed by atoms with Crippen LogP contribution in [0.4, 0.5) is 0 Å². The number of fused-ring (bicyclic) bond motifs is 1. The van der Waals surface area contributed by atoms with Gasteiger partial charge in [0.2, 0.25) is 0 Å². The van der Waals surface area contributed by atoms with Crippen LogP contribution in [0, 0.1) is 6.92 Å². The van der Waals surface area contributed by atoms with Crippen LogP contribution >= 0.6 is 0 Å². The molecule has 24 heavy (non-hydrogen) atoms. The number of imidazole rings is 1. The smallest absolute Gasteiger partial charge is 0.175 e. The molecule has 0 atom stereocenters. The number of aryl methyl sites for hydroxylation is 1. The molecule has 0 aliphatic carbocycles. The summed E-state index contributed by atoms with van der Waals surface area (Å²) >= 11 is 0. The van der Waals surface area contributed by atoms with Gasteiger partial charge < -0.3 is 4.98 Å². The molecule has 0 saturated carbocycles. The van der Waals surface area contributed by atoms with Crippen molar-refractivity contribution >= 4 is 20.9 Å². The van der Waals surface area contributed by atoms with E-state index in [0.29, 0.717) is 11.4 Å². The number of aromatic nitrogens is 2. The summed E-state index contributed by atoms with van der Waals surface area (Å²) in [5.74, 6) is 0.922. The zero-order valence-corrected chi connectivity index (χ0v) is 14.9. The fourth-order valence-corrected chi connectivity index (χ4v) is 3.35. The second-order valence-electron chi connectivity index (χ2n) is 6.29. The molecule has 0 aliphatic heterocycles. The molecular weight excluding hydrogens is 322 g/mol. The monoisotopic (exact) mass is 343 g/mol. The largest absolute Gasteiger partial charge is 0.341 e. The van der Waals surface area contributed by atoms with E-state index in [1.807, 2.05) is 25.2 Å². The number of H-pyrrole nitrogens is 1. The molecule has 6 heteroatoms. The molecule has 0 spiro atoms. The van der Waals surface area contributed by atoms with Crippen LogP contribution < -0.4 is 0 Å². The van der Waals surface area contributed by atoms with Crippen molar-refractivity contribution in [1.82, 2.24) is 14.9 Å². The van der Waals surface area contributed by atoms with Gasteiger partial charge in [0.25, 0.3) is 0 Å². The zero-order chi connectivity index (χ0) is 17.3. The lowest BCUT2D eigenvalue weighted by atomic mass is 10.2. The third-order valence-corrected chi connectivity index (χ3v) is 5.04. The Balaban J connectivity index is 1.69. The number of aromatic amines is 1. The van der Waals surface area contributed by atoms with Gasteiger partial charge in [-0.25, -0.2) is 13.4 Å². The Kier molecular flexibility index (Phi) is 4.43. The zero-order valence-electron chi connectivity index (χ0n) is 14.1. The van der Waals surface area contributed by atoms with Crippen molar-refractivity contribution in [3.8, 4) is 0 Å². The molecule has 3 rings (SSSR count). The lowest BCUT2D eigenvalue weighted by Crippen LogP contribution is -2.18. The van der Waals surface area contributed by atoms with Crippen LogP contribution in [-0.4, -0.2) is 36.6 Å². The van der Waals surface area contributed by atoms with Crippen LogP contribution in [0.15, 0.2) is 47.4 Å². The van der Waals surface area contributed by atoms with Gasteiger partial charge in [-0.3, -0.25) is 4.90 Å². The molecule has 2 aromatic carbocycles. The highest BCUT2D eigenvalue weighted by molar-refractivity contribution is 7.90. The Morgan fingerprint density at radius 2 is 1.79 bits per heavy atom. The van der Waals surface area contributed by atoms with Gasteiger partial charge in [-0.15, -0.1) is 0 Å². The van der Waals surface area contributed by atoms with Gasteiger partial charge in [0.05, 0.1) is 22.5 Å². The standard InChI is InChI=1S/C18H21N3O2S/c1-13-4-9-16-17(10-13)20-18(19-16)12-21(2)11-14-5-7-15(8-6-14)24(3,22)23/h4-10H,11-12H2,1-3H3,(H,19,20). The molecule has 0 radical (unpaired) electrons. The van der Waals surface area contributed by atoms with Gasteiger partial charge in [0, 0.05) is 12.8 Å². The molecule has 1 heterocycles. The van der Waals surface area contributed by atoms with E-state index in [1.165, 1.54) is 11.8 Å². The molecule has 1 aromatic heterocycles. The van der Waals surface area contributed by atoms with Gasteiger partial charge in [-0.1, -0.05) is 18.2 Å². The lowest BCUT2D eigenvalue weighted by Gasteiger charge is -2.15. The van der Waals surface area contributed by atoms with Crippen molar-refractivity contribution in [3.05, 3.63) is 59.4 Å². The minimum absolute atomic E-state index is 0.349. The van der Waals surface area contributed by atoms with E-state index in [0.717, 1.165) is 29.0 Å². The number of benzene rings is 2. The van der Waals surface area contributed by atoms with Crippen LogP contribution in [-0.2, 0) is 22.9 Å². The molecule has 3 aromatic rings. The van der Waals surface area contributed by atoms with E-state index < -0.39 is 9.84 Å². The molecule has 0 bridgehead atoms. The molecule has 0 saturated heterocycles. The van der Waals surface area contributed by atoms with E-state index >= 15 is 0 Å². The SMILES string of the molecule is Cc1ccc2nc(CN(C)Cc3ccc(S(C)(=O)=O)cc3)[nH]c2c1. The van der Waals surface area contributed by atoms with Crippen molar-refractivity contribution < 1.29 is 8.42 Å². The Hall–Kier alpha value is -2.18. The van der Waals surface area contributed by atoms with Crippen LogP contribution in [0.2, 0.25) is 0 Å². The highest BCUT2D eigenvalue weighted by Gasteiger charge is 2.09. The van der Waals surface area contributed by atoms with Crippen LogP contribution in [0.5, 0.6) is 0 Å². The summed E-state index contributed by atoms with van der Waals surface area (Å²) in [4.78, 5) is 10.4. The lowest BCUT2D eigenvalue weighted by molar-refractivity contribution is 0.312. The average Bonchev–Trinajstić information content (AvgIpc) is 2.87. The Morgan fingerprint density at radius 1 is 1.08 bits per heavy atom. The third kappa shape index (κ3) is 3.83. The first-order valence-electron chi connectivity index (χ1n) is 7.74. The first-order valence-corrected chi connectivity index (χ1v) is 9.63. The average molecular weight is 343 g/mol. The van der Waals surface area contributed by atoms with E-state index in [1.54, 1.807) is 12.1 Å². The highest BCUT2D eigenvalue weighted by Crippen LogP contribution is 2.15. The third-order valence-electron chi connectivity index (χ3n) is 3.91. The minimum atomic E-state index is -3.14. The number of hydrogen-bond donors (Lipinski definition) is 1. The maximum absolute atomic E-state index is 11.5. The molecule has 5 nitrogen and oxygen atoms in total. The molecule has 126 valence electrons. The predicted molar refractivity (Wildman–Crippen MR) is 95.6 cm³/mol. The van der Waals surface area contributed by atoms with Crippen LogP contribution in [0.1, 0.15) is 17.0 Å². The minimum Gasteiger partial charge on any atom is -0.341 e. The van der Waals surface area contributed by atoms with E-state index in [4.69, 9.17) is 0 Å². The van der Waals surface area contributed by atoms with Crippen molar-refractivity contribution in [3.63, 3.8) is 0 Å². The van der Waals surface area contributed by atoms with E-state index in [9.17, 15) is 8.42 Å². The highest BCUT2D eigenvalue weighted by atomic mass is 32.2. The van der Waals surface area contributed by atoms with Gasteiger partial charge in [0.1, 0.15) is 5.82 Å². The number of nitrogens with zero attached hydrogens (tertiary/aromatic N) is 2. The summed E-state index contributed by atoms with van der Waals surface area (Å²) in [6.07, 6.45) is 1.22. The second-order valence-corrected chi connectivity index (χ2v) is 8.31. The molecule has 0 aliphatic rings. The first kappa shape index (κ1) is 16.7. The Labute approximate surface area is 142 Å². The summed E-state index contributed by atoms with van der Waals surface area (Å²) in [5.41, 5.74) is 4.30. The number of sulfone groups is 1. The summed E-state index contributed by atoms with van der Waals surface area (Å²) in [7, 11) is -1.13. The van der Waals surface area contributed by atoms with Crippen LogP contribution in [0.25, 0.3) is 11.0 Å². The number of rotatable bonds is 5. The summed E-state index contributed by atoms with van der Waals surface area (Å²) in [6, 6.07) is 13.2.